The zero-order valence-corrected chi connectivity index (χ0v) is 14.4. The van der Waals surface area contributed by atoms with Crippen molar-refractivity contribution in [3.8, 4) is 29.0 Å². The van der Waals surface area contributed by atoms with E-state index >= 15 is 0 Å². The number of alkyl halides is 3. The molecule has 0 saturated carbocycles. The van der Waals surface area contributed by atoms with Crippen LogP contribution < -0.4 is 9.47 Å². The number of hydrogen-bond acceptors (Lipinski definition) is 6. The molecule has 0 bridgehead atoms. The van der Waals surface area contributed by atoms with Crippen LogP contribution in [0.2, 0.25) is 0 Å². The molecule has 1 aromatic carbocycles. The first kappa shape index (κ1) is 17.7. The van der Waals surface area contributed by atoms with Crippen molar-refractivity contribution < 1.29 is 22.6 Å². The van der Waals surface area contributed by atoms with Gasteiger partial charge in [-0.05, 0) is 30.3 Å². The second-order valence-corrected chi connectivity index (χ2v) is 5.62. The predicted octanol–water partition coefficient (Wildman–Crippen LogP) is 3.78. The van der Waals surface area contributed by atoms with Gasteiger partial charge in [-0.1, -0.05) is 6.07 Å². The van der Waals surface area contributed by atoms with Crippen LogP contribution in [-0.4, -0.2) is 38.2 Å². The molecule has 0 aliphatic heterocycles. The van der Waals surface area contributed by atoms with Crippen LogP contribution in [0.3, 0.4) is 0 Å². The van der Waals surface area contributed by atoms with E-state index in [1.165, 1.54) is 25.3 Å². The first-order valence-corrected chi connectivity index (χ1v) is 8.02. The molecule has 28 heavy (non-hydrogen) atoms. The topological polar surface area (TPSA) is 75.0 Å². The number of hydrogen-bond donors (Lipinski definition) is 0. The zero-order chi connectivity index (χ0) is 19.7. The molecule has 4 rings (SSSR count). The molecule has 0 amide bonds. The minimum absolute atomic E-state index is 0.292. The summed E-state index contributed by atoms with van der Waals surface area (Å²) in [4.78, 5) is 8.73. The standard InChI is InChI=1S/C18H12F3N5O2/c1-27-16-8-7-15(24-25-16)26-14-6-5-11(28-18(19,20)21)10-13(14)23-17(26)12-4-2-3-9-22-12/h2-10H,1H3. The maximum atomic E-state index is 12.5. The molecule has 0 radical (unpaired) electrons. The lowest BCUT2D eigenvalue weighted by Crippen LogP contribution is -2.17. The molecular formula is C18H12F3N5O2. The van der Waals surface area contributed by atoms with Crippen molar-refractivity contribution in [1.82, 2.24) is 24.7 Å². The van der Waals surface area contributed by atoms with Gasteiger partial charge in [0, 0.05) is 18.3 Å². The first-order valence-electron chi connectivity index (χ1n) is 8.02. The second kappa shape index (κ2) is 6.80. The lowest BCUT2D eigenvalue weighted by atomic mass is 10.3. The molecule has 3 aromatic heterocycles. The van der Waals surface area contributed by atoms with E-state index in [4.69, 9.17) is 4.74 Å². The summed E-state index contributed by atoms with van der Waals surface area (Å²) < 4.78 is 48.3. The highest BCUT2D eigenvalue weighted by Gasteiger charge is 2.31. The third kappa shape index (κ3) is 3.43. The van der Waals surface area contributed by atoms with Gasteiger partial charge in [-0.25, -0.2) is 4.98 Å². The third-order valence-corrected chi connectivity index (χ3v) is 3.82. The Kier molecular flexibility index (Phi) is 4.30. The smallest absolute Gasteiger partial charge is 0.480 e. The summed E-state index contributed by atoms with van der Waals surface area (Å²) in [6.45, 7) is 0. The molecule has 10 heteroatoms. The van der Waals surface area contributed by atoms with E-state index < -0.39 is 6.36 Å². The molecular weight excluding hydrogens is 375 g/mol. The van der Waals surface area contributed by atoms with Gasteiger partial charge >= 0.3 is 6.36 Å². The van der Waals surface area contributed by atoms with Gasteiger partial charge in [-0.2, -0.15) is 0 Å². The molecule has 7 nitrogen and oxygen atoms in total. The highest BCUT2D eigenvalue weighted by molar-refractivity contribution is 5.83. The van der Waals surface area contributed by atoms with Crippen molar-refractivity contribution in [2.75, 3.05) is 7.11 Å². The van der Waals surface area contributed by atoms with Crippen molar-refractivity contribution in [2.24, 2.45) is 0 Å². The maximum absolute atomic E-state index is 12.5. The Labute approximate surface area is 156 Å². The largest absolute Gasteiger partial charge is 0.573 e. The van der Waals surface area contributed by atoms with E-state index in [0.717, 1.165) is 0 Å². The van der Waals surface area contributed by atoms with Crippen LogP contribution >= 0.6 is 0 Å². The lowest BCUT2D eigenvalue weighted by molar-refractivity contribution is -0.274. The van der Waals surface area contributed by atoms with Gasteiger partial charge in [-0.15, -0.1) is 23.4 Å². The number of methoxy groups -OCH3 is 1. The minimum Gasteiger partial charge on any atom is -0.480 e. The highest BCUT2D eigenvalue weighted by atomic mass is 19.4. The van der Waals surface area contributed by atoms with Crippen molar-refractivity contribution in [1.29, 1.82) is 0 Å². The van der Waals surface area contributed by atoms with Gasteiger partial charge in [0.2, 0.25) is 5.88 Å². The van der Waals surface area contributed by atoms with Gasteiger partial charge in [0.25, 0.3) is 0 Å². The van der Waals surface area contributed by atoms with Crippen LogP contribution in [0.1, 0.15) is 0 Å². The van der Waals surface area contributed by atoms with E-state index in [1.807, 2.05) is 0 Å². The van der Waals surface area contributed by atoms with Crippen molar-refractivity contribution in [2.45, 2.75) is 6.36 Å². The van der Waals surface area contributed by atoms with Gasteiger partial charge in [0.05, 0.1) is 18.1 Å². The maximum Gasteiger partial charge on any atom is 0.573 e. The fraction of sp³-hybridized carbons (Fsp3) is 0.111. The van der Waals surface area contributed by atoms with Crippen LogP contribution in [0.15, 0.2) is 54.7 Å². The molecule has 0 fully saturated rings. The van der Waals surface area contributed by atoms with Gasteiger partial charge in [0.1, 0.15) is 11.4 Å². The number of ether oxygens (including phenoxy) is 2. The first-order chi connectivity index (χ1) is 13.4. The molecule has 0 spiro atoms. The Morgan fingerprint density at radius 2 is 1.86 bits per heavy atom. The Morgan fingerprint density at radius 1 is 1.00 bits per heavy atom. The molecule has 0 N–H and O–H groups in total. The minimum atomic E-state index is -4.79. The number of pyridine rings is 1. The van der Waals surface area contributed by atoms with Crippen molar-refractivity contribution >= 4 is 11.0 Å². The molecule has 0 atom stereocenters. The summed E-state index contributed by atoms with van der Waals surface area (Å²) in [6.07, 6.45) is -3.20. The van der Waals surface area contributed by atoms with Crippen molar-refractivity contribution in [3.63, 3.8) is 0 Å². The molecule has 0 saturated heterocycles. The van der Waals surface area contributed by atoms with Gasteiger partial charge in [-0.3, -0.25) is 9.55 Å². The summed E-state index contributed by atoms with van der Waals surface area (Å²) in [7, 11) is 1.47. The third-order valence-electron chi connectivity index (χ3n) is 3.82. The average molecular weight is 387 g/mol. The Morgan fingerprint density at radius 3 is 2.50 bits per heavy atom. The molecule has 142 valence electrons. The number of rotatable bonds is 4. The highest BCUT2D eigenvalue weighted by Crippen LogP contribution is 2.31. The number of nitrogens with zero attached hydrogens (tertiary/aromatic N) is 5. The van der Waals surface area contributed by atoms with Gasteiger partial charge < -0.3 is 9.47 Å². The normalized spacial score (nSPS) is 11.6. The molecule has 0 aliphatic rings. The van der Waals surface area contributed by atoms with Crippen LogP contribution in [0.5, 0.6) is 11.6 Å². The van der Waals surface area contributed by atoms with Crippen molar-refractivity contribution in [3.05, 3.63) is 54.7 Å². The molecule has 0 unspecified atom stereocenters. The fourth-order valence-corrected chi connectivity index (χ4v) is 2.70. The molecule has 0 aliphatic carbocycles. The summed E-state index contributed by atoms with van der Waals surface area (Å²) in [5.74, 6) is 0.777. The van der Waals surface area contributed by atoms with E-state index in [2.05, 4.69) is 24.9 Å². The predicted molar refractivity (Wildman–Crippen MR) is 93.1 cm³/mol. The SMILES string of the molecule is COc1ccc(-n2c(-c3ccccn3)nc3cc(OC(F)(F)F)ccc32)nn1. The van der Waals surface area contributed by atoms with Gasteiger partial charge in [0.15, 0.2) is 11.6 Å². The summed E-state index contributed by atoms with van der Waals surface area (Å²) >= 11 is 0. The Hall–Kier alpha value is -3.69. The number of benzene rings is 1. The fourth-order valence-electron chi connectivity index (χ4n) is 2.70. The average Bonchev–Trinajstić information content (AvgIpc) is 3.06. The van der Waals surface area contributed by atoms with E-state index in [-0.39, 0.29) is 5.75 Å². The van der Waals surface area contributed by atoms with E-state index in [1.54, 1.807) is 41.1 Å². The Balaban J connectivity index is 1.91. The monoisotopic (exact) mass is 387 g/mol. The zero-order valence-electron chi connectivity index (χ0n) is 14.4. The number of imidazole rings is 1. The number of fused-ring (bicyclic) bond motifs is 1. The van der Waals surface area contributed by atoms with Crippen LogP contribution in [0, 0.1) is 0 Å². The van der Waals surface area contributed by atoms with Crippen LogP contribution in [0.25, 0.3) is 28.4 Å². The second-order valence-electron chi connectivity index (χ2n) is 5.62. The van der Waals surface area contributed by atoms with E-state index in [9.17, 15) is 13.2 Å². The van der Waals surface area contributed by atoms with Crippen LogP contribution in [-0.2, 0) is 0 Å². The summed E-state index contributed by atoms with van der Waals surface area (Å²) in [5, 5.41) is 8.07. The lowest BCUT2D eigenvalue weighted by Gasteiger charge is -2.09. The summed E-state index contributed by atoms with van der Waals surface area (Å²) in [6, 6.07) is 12.5. The molecule has 4 aromatic rings. The Bertz CT molecular complexity index is 1110. The summed E-state index contributed by atoms with van der Waals surface area (Å²) in [5.41, 5.74) is 1.34. The number of halogens is 3. The van der Waals surface area contributed by atoms with Crippen LogP contribution in [0.4, 0.5) is 13.2 Å². The number of aromatic nitrogens is 5. The molecule has 3 heterocycles. The quantitative estimate of drug-likeness (QED) is 0.531. The van der Waals surface area contributed by atoms with E-state index in [0.29, 0.717) is 34.2 Å².